The summed E-state index contributed by atoms with van der Waals surface area (Å²) in [5.74, 6) is 1.63. The Morgan fingerprint density at radius 3 is 2.35 bits per heavy atom. The molecule has 0 aliphatic carbocycles. The molecule has 0 radical (unpaired) electrons. The number of hydrogen-bond donors (Lipinski definition) is 0. The second-order valence-electron chi connectivity index (χ2n) is 5.76. The van der Waals surface area contributed by atoms with Crippen molar-refractivity contribution in [3.8, 4) is 11.5 Å². The standard InChI is InChI=1S/C17H25N3O3/c1-3-18(4-2)17(21)20-9-7-19(8-10-20)14-5-6-15-16(13-14)23-12-11-22-15/h5-6,13H,3-4,7-12H2,1-2H3. The molecular weight excluding hydrogens is 294 g/mol. The Hall–Kier alpha value is -2.11. The Kier molecular flexibility index (Phi) is 4.79. The summed E-state index contributed by atoms with van der Waals surface area (Å²) in [6.07, 6.45) is 0. The molecule has 0 saturated carbocycles. The fraction of sp³-hybridized carbons (Fsp3) is 0.588. The Balaban J connectivity index is 1.62. The molecule has 0 atom stereocenters. The molecule has 1 fully saturated rings. The maximum absolute atomic E-state index is 12.4. The molecule has 0 N–H and O–H groups in total. The summed E-state index contributed by atoms with van der Waals surface area (Å²) in [4.78, 5) is 18.5. The zero-order valence-corrected chi connectivity index (χ0v) is 14.0. The summed E-state index contributed by atoms with van der Waals surface area (Å²) in [5, 5.41) is 0. The van der Waals surface area contributed by atoms with Gasteiger partial charge >= 0.3 is 6.03 Å². The van der Waals surface area contributed by atoms with Crippen LogP contribution in [-0.2, 0) is 0 Å². The van der Waals surface area contributed by atoms with Crippen LogP contribution >= 0.6 is 0 Å². The van der Waals surface area contributed by atoms with E-state index in [2.05, 4.69) is 11.0 Å². The summed E-state index contributed by atoms with van der Waals surface area (Å²) in [6.45, 7) is 9.96. The number of nitrogens with zero attached hydrogens (tertiary/aromatic N) is 3. The minimum absolute atomic E-state index is 0.150. The molecule has 0 unspecified atom stereocenters. The van der Waals surface area contributed by atoms with E-state index >= 15 is 0 Å². The number of amides is 2. The molecule has 0 bridgehead atoms. The maximum Gasteiger partial charge on any atom is 0.320 e. The molecule has 2 heterocycles. The lowest BCUT2D eigenvalue weighted by Gasteiger charge is -2.38. The van der Waals surface area contributed by atoms with E-state index in [9.17, 15) is 4.79 Å². The van der Waals surface area contributed by atoms with Crippen LogP contribution in [-0.4, -0.2) is 68.3 Å². The van der Waals surface area contributed by atoms with Crippen LogP contribution in [0.4, 0.5) is 10.5 Å². The molecule has 126 valence electrons. The first-order chi connectivity index (χ1) is 11.2. The van der Waals surface area contributed by atoms with Gasteiger partial charge in [-0.05, 0) is 26.0 Å². The zero-order valence-electron chi connectivity index (χ0n) is 14.0. The molecule has 6 heteroatoms. The minimum atomic E-state index is 0.150. The molecule has 1 aromatic rings. The van der Waals surface area contributed by atoms with E-state index < -0.39 is 0 Å². The third kappa shape index (κ3) is 3.30. The van der Waals surface area contributed by atoms with Crippen molar-refractivity contribution in [1.29, 1.82) is 0 Å². The van der Waals surface area contributed by atoms with Crippen LogP contribution in [0.2, 0.25) is 0 Å². The first kappa shape index (κ1) is 15.8. The maximum atomic E-state index is 12.4. The van der Waals surface area contributed by atoms with Crippen molar-refractivity contribution in [3.05, 3.63) is 18.2 Å². The number of hydrogen-bond acceptors (Lipinski definition) is 4. The van der Waals surface area contributed by atoms with E-state index in [0.717, 1.165) is 56.5 Å². The van der Waals surface area contributed by atoms with Gasteiger partial charge in [-0.2, -0.15) is 0 Å². The van der Waals surface area contributed by atoms with Crippen LogP contribution in [0.3, 0.4) is 0 Å². The molecule has 2 aliphatic heterocycles. The summed E-state index contributed by atoms with van der Waals surface area (Å²) in [7, 11) is 0. The number of fused-ring (bicyclic) bond motifs is 1. The number of anilines is 1. The topological polar surface area (TPSA) is 45.3 Å². The monoisotopic (exact) mass is 319 g/mol. The average molecular weight is 319 g/mol. The van der Waals surface area contributed by atoms with Crippen molar-refractivity contribution in [2.45, 2.75) is 13.8 Å². The molecule has 1 aromatic carbocycles. The van der Waals surface area contributed by atoms with Gasteiger partial charge in [-0.3, -0.25) is 0 Å². The SMILES string of the molecule is CCN(CC)C(=O)N1CCN(c2ccc3c(c2)OCCO3)CC1. The number of carbonyl (C=O) groups is 1. The Morgan fingerprint density at radius 1 is 1.04 bits per heavy atom. The molecule has 0 aromatic heterocycles. The van der Waals surface area contributed by atoms with Crippen molar-refractivity contribution in [2.24, 2.45) is 0 Å². The van der Waals surface area contributed by atoms with Gasteiger partial charge in [0, 0.05) is 51.0 Å². The van der Waals surface area contributed by atoms with E-state index in [4.69, 9.17) is 9.47 Å². The average Bonchev–Trinajstić information content (AvgIpc) is 2.62. The quantitative estimate of drug-likeness (QED) is 0.855. The smallest absolute Gasteiger partial charge is 0.320 e. The number of rotatable bonds is 3. The molecule has 23 heavy (non-hydrogen) atoms. The molecule has 3 rings (SSSR count). The number of ether oxygens (including phenoxy) is 2. The number of carbonyl (C=O) groups excluding carboxylic acids is 1. The predicted octanol–water partition coefficient (Wildman–Crippen LogP) is 2.04. The van der Waals surface area contributed by atoms with E-state index in [1.54, 1.807) is 0 Å². The summed E-state index contributed by atoms with van der Waals surface area (Å²) < 4.78 is 11.2. The van der Waals surface area contributed by atoms with Crippen LogP contribution in [0.1, 0.15) is 13.8 Å². The van der Waals surface area contributed by atoms with Gasteiger partial charge in [0.2, 0.25) is 0 Å². The van der Waals surface area contributed by atoms with Crippen LogP contribution in [0.5, 0.6) is 11.5 Å². The van der Waals surface area contributed by atoms with Gasteiger partial charge in [0.1, 0.15) is 13.2 Å². The van der Waals surface area contributed by atoms with E-state index in [1.807, 2.05) is 35.8 Å². The highest BCUT2D eigenvalue weighted by Gasteiger charge is 2.24. The third-order valence-electron chi connectivity index (χ3n) is 4.48. The van der Waals surface area contributed by atoms with Gasteiger partial charge < -0.3 is 24.2 Å². The second kappa shape index (κ2) is 6.98. The van der Waals surface area contributed by atoms with Gasteiger partial charge in [0.15, 0.2) is 11.5 Å². The van der Waals surface area contributed by atoms with Crippen molar-refractivity contribution >= 4 is 11.7 Å². The van der Waals surface area contributed by atoms with Crippen molar-refractivity contribution < 1.29 is 14.3 Å². The number of piperazine rings is 1. The van der Waals surface area contributed by atoms with E-state index in [1.165, 1.54) is 0 Å². The normalized spacial score (nSPS) is 17.1. The fourth-order valence-corrected chi connectivity index (χ4v) is 3.08. The highest BCUT2D eigenvalue weighted by molar-refractivity contribution is 5.74. The number of benzene rings is 1. The Bertz CT molecular complexity index is 552. The fourth-order valence-electron chi connectivity index (χ4n) is 3.08. The van der Waals surface area contributed by atoms with Crippen LogP contribution in [0.15, 0.2) is 18.2 Å². The minimum Gasteiger partial charge on any atom is -0.486 e. The highest BCUT2D eigenvalue weighted by atomic mass is 16.6. The first-order valence-electron chi connectivity index (χ1n) is 8.41. The lowest BCUT2D eigenvalue weighted by molar-refractivity contribution is 0.154. The van der Waals surface area contributed by atoms with Crippen molar-refractivity contribution in [2.75, 3.05) is 57.4 Å². The molecule has 2 aliphatic rings. The molecule has 0 spiro atoms. The Morgan fingerprint density at radius 2 is 1.70 bits per heavy atom. The molecular formula is C17H25N3O3. The van der Waals surface area contributed by atoms with E-state index in [0.29, 0.717) is 13.2 Å². The highest BCUT2D eigenvalue weighted by Crippen LogP contribution is 2.34. The summed E-state index contributed by atoms with van der Waals surface area (Å²) >= 11 is 0. The van der Waals surface area contributed by atoms with Gasteiger partial charge in [0.05, 0.1) is 0 Å². The largest absolute Gasteiger partial charge is 0.486 e. The van der Waals surface area contributed by atoms with Gasteiger partial charge in [-0.1, -0.05) is 0 Å². The summed E-state index contributed by atoms with van der Waals surface area (Å²) in [5.41, 5.74) is 1.13. The van der Waals surface area contributed by atoms with Crippen molar-refractivity contribution in [3.63, 3.8) is 0 Å². The lowest BCUT2D eigenvalue weighted by Crippen LogP contribution is -2.52. The van der Waals surface area contributed by atoms with Crippen LogP contribution in [0, 0.1) is 0 Å². The van der Waals surface area contributed by atoms with E-state index in [-0.39, 0.29) is 6.03 Å². The van der Waals surface area contributed by atoms with Gasteiger partial charge in [-0.15, -0.1) is 0 Å². The van der Waals surface area contributed by atoms with Gasteiger partial charge in [0.25, 0.3) is 0 Å². The lowest BCUT2D eigenvalue weighted by atomic mass is 10.2. The Labute approximate surface area is 137 Å². The van der Waals surface area contributed by atoms with Gasteiger partial charge in [-0.25, -0.2) is 4.79 Å². The molecule has 1 saturated heterocycles. The zero-order chi connectivity index (χ0) is 16.2. The second-order valence-corrected chi connectivity index (χ2v) is 5.76. The van der Waals surface area contributed by atoms with Crippen LogP contribution < -0.4 is 14.4 Å². The molecule has 6 nitrogen and oxygen atoms in total. The van der Waals surface area contributed by atoms with Crippen LogP contribution in [0.25, 0.3) is 0 Å². The van der Waals surface area contributed by atoms with Crippen molar-refractivity contribution in [1.82, 2.24) is 9.80 Å². The number of urea groups is 1. The predicted molar refractivity (Wildman–Crippen MR) is 89.5 cm³/mol. The first-order valence-corrected chi connectivity index (χ1v) is 8.41. The third-order valence-corrected chi connectivity index (χ3v) is 4.48. The summed E-state index contributed by atoms with van der Waals surface area (Å²) in [6, 6.07) is 6.22. The molecule has 2 amide bonds.